The molecule has 0 heterocycles. The van der Waals surface area contributed by atoms with Crippen LogP contribution >= 0.6 is 0 Å². The lowest BCUT2D eigenvalue weighted by Gasteiger charge is -2.18. The van der Waals surface area contributed by atoms with Crippen molar-refractivity contribution in [1.29, 1.82) is 0 Å². The second-order valence-corrected chi connectivity index (χ2v) is 1.86. The third-order valence-electron chi connectivity index (χ3n) is 1.01. The first kappa shape index (κ1) is 10.3. The van der Waals surface area contributed by atoms with E-state index in [9.17, 15) is 26.3 Å². The molecule has 11 heavy (non-hydrogen) atoms. The largest absolute Gasteiger partial charge is 0.457 e. The number of rotatable bonds is 1. The minimum absolute atomic E-state index is 0.369. The fraction of sp³-hybridized carbons (Fsp3) is 0.600. The van der Waals surface area contributed by atoms with Crippen molar-refractivity contribution < 1.29 is 26.3 Å². The van der Waals surface area contributed by atoms with Gasteiger partial charge < -0.3 is 0 Å². The first-order valence-electron chi connectivity index (χ1n) is 2.45. The zero-order chi connectivity index (χ0) is 9.28. The molecule has 0 bridgehead atoms. The van der Waals surface area contributed by atoms with Crippen LogP contribution in [0.15, 0.2) is 11.9 Å². The first-order chi connectivity index (χ1) is 4.73. The van der Waals surface area contributed by atoms with Crippen molar-refractivity contribution in [2.24, 2.45) is 0 Å². The molecule has 0 aliphatic carbocycles. The van der Waals surface area contributed by atoms with E-state index < -0.39 is 24.0 Å². The fourth-order valence-electron chi connectivity index (χ4n) is 0.292. The predicted molar refractivity (Wildman–Crippen MR) is 25.9 cm³/mol. The third-order valence-corrected chi connectivity index (χ3v) is 1.01. The average molecular weight is 178 g/mol. The molecule has 0 saturated heterocycles. The number of allylic oxidation sites excluding steroid dienone is 1. The summed E-state index contributed by atoms with van der Waals surface area (Å²) < 4.78 is 69.0. The van der Waals surface area contributed by atoms with Crippen molar-refractivity contribution in [3.05, 3.63) is 11.9 Å². The summed E-state index contributed by atoms with van der Waals surface area (Å²) >= 11 is 0. The van der Waals surface area contributed by atoms with Crippen LogP contribution in [0.25, 0.3) is 0 Å². The summed E-state index contributed by atoms with van der Waals surface area (Å²) in [6.45, 7) is 0.369. The monoisotopic (exact) mass is 178 g/mol. The normalized spacial score (nSPS) is 15.4. The molecule has 0 aromatic carbocycles. The van der Waals surface area contributed by atoms with Crippen LogP contribution < -0.4 is 0 Å². The van der Waals surface area contributed by atoms with Crippen LogP contribution in [0.2, 0.25) is 0 Å². The molecule has 0 radical (unpaired) electrons. The molecule has 0 aromatic rings. The molecule has 0 saturated carbocycles. The van der Waals surface area contributed by atoms with Crippen LogP contribution in [0.5, 0.6) is 0 Å². The van der Waals surface area contributed by atoms with Gasteiger partial charge in [0.1, 0.15) is 0 Å². The van der Waals surface area contributed by atoms with E-state index in [-0.39, 0.29) is 0 Å². The van der Waals surface area contributed by atoms with Crippen LogP contribution in [0.1, 0.15) is 6.92 Å². The van der Waals surface area contributed by atoms with Crippen molar-refractivity contribution in [1.82, 2.24) is 0 Å². The van der Waals surface area contributed by atoms with Gasteiger partial charge in [-0.2, -0.15) is 22.0 Å². The maximum Gasteiger partial charge on any atom is 0.457 e. The molecule has 0 spiro atoms. The Labute approximate surface area is 58.5 Å². The second kappa shape index (κ2) is 2.75. The quantitative estimate of drug-likeness (QED) is 0.541. The van der Waals surface area contributed by atoms with Crippen LogP contribution in [0, 0.1) is 0 Å². The maximum atomic E-state index is 11.9. The van der Waals surface area contributed by atoms with E-state index in [2.05, 4.69) is 0 Å². The second-order valence-electron chi connectivity index (χ2n) is 1.86. The summed E-state index contributed by atoms with van der Waals surface area (Å²) in [7, 11) is 0. The van der Waals surface area contributed by atoms with Crippen molar-refractivity contribution in [2.45, 2.75) is 19.0 Å². The van der Waals surface area contributed by atoms with Gasteiger partial charge in [-0.05, 0) is 6.92 Å². The molecule has 0 aromatic heterocycles. The maximum absolute atomic E-state index is 11.9. The van der Waals surface area contributed by atoms with E-state index in [4.69, 9.17) is 0 Å². The van der Waals surface area contributed by atoms with Crippen molar-refractivity contribution in [2.75, 3.05) is 0 Å². The van der Waals surface area contributed by atoms with Crippen LogP contribution in [-0.4, -0.2) is 12.1 Å². The molecule has 0 aliphatic heterocycles. The van der Waals surface area contributed by atoms with E-state index in [1.165, 1.54) is 0 Å². The number of hydrogen-bond acceptors (Lipinski definition) is 0. The van der Waals surface area contributed by atoms with Gasteiger partial charge in [0.25, 0.3) is 0 Å². The van der Waals surface area contributed by atoms with Crippen LogP contribution in [0.4, 0.5) is 26.3 Å². The molecule has 0 atom stereocenters. The van der Waals surface area contributed by atoms with Gasteiger partial charge in [-0.25, -0.2) is 4.39 Å². The topological polar surface area (TPSA) is 0 Å². The van der Waals surface area contributed by atoms with Gasteiger partial charge in [0.15, 0.2) is 0 Å². The molecular weight excluding hydrogens is 174 g/mol. The average Bonchev–Trinajstić information content (AvgIpc) is 1.83. The van der Waals surface area contributed by atoms with E-state index >= 15 is 0 Å². The molecular formula is C5H4F6. The Hall–Kier alpha value is -0.680. The van der Waals surface area contributed by atoms with Crippen LogP contribution in [-0.2, 0) is 0 Å². The number of hydrogen-bond donors (Lipinski definition) is 0. The van der Waals surface area contributed by atoms with E-state index in [1.807, 2.05) is 0 Å². The van der Waals surface area contributed by atoms with Crippen molar-refractivity contribution >= 4 is 0 Å². The van der Waals surface area contributed by atoms with E-state index in [1.54, 1.807) is 0 Å². The molecule has 0 nitrogen and oxygen atoms in total. The highest BCUT2D eigenvalue weighted by Gasteiger charge is 2.58. The highest BCUT2D eigenvalue weighted by atomic mass is 19.4. The fourth-order valence-corrected chi connectivity index (χ4v) is 0.292. The lowest BCUT2D eigenvalue weighted by molar-refractivity contribution is -0.264. The molecule has 0 rings (SSSR count). The lowest BCUT2D eigenvalue weighted by Crippen LogP contribution is -2.37. The van der Waals surface area contributed by atoms with Gasteiger partial charge in [0.2, 0.25) is 0 Å². The van der Waals surface area contributed by atoms with Gasteiger partial charge in [0.05, 0.1) is 6.33 Å². The summed E-state index contributed by atoms with van der Waals surface area (Å²) in [4.78, 5) is 0. The molecule has 0 aliphatic rings. The lowest BCUT2D eigenvalue weighted by atomic mass is 10.2. The molecule has 0 fully saturated rings. The molecule has 6 heteroatoms. The highest BCUT2D eigenvalue weighted by Crippen LogP contribution is 2.40. The van der Waals surface area contributed by atoms with Gasteiger partial charge in [-0.15, -0.1) is 0 Å². The van der Waals surface area contributed by atoms with Gasteiger partial charge in [-0.3, -0.25) is 0 Å². The van der Waals surface area contributed by atoms with Crippen molar-refractivity contribution in [3.63, 3.8) is 0 Å². The molecule has 0 N–H and O–H groups in total. The first-order valence-corrected chi connectivity index (χ1v) is 2.45. The van der Waals surface area contributed by atoms with Crippen LogP contribution in [0.3, 0.4) is 0 Å². The Kier molecular flexibility index (Phi) is 2.58. The smallest absolute Gasteiger partial charge is 0.215 e. The number of alkyl halides is 5. The standard InChI is InChI=1S/C5H4F6/c1-3(2-6)4(7,8)5(9,10)11/h2H,1H3. The summed E-state index contributed by atoms with van der Waals surface area (Å²) in [5.74, 6) is -5.07. The predicted octanol–water partition coefficient (Wildman–Crippen LogP) is 3.06. The summed E-state index contributed by atoms with van der Waals surface area (Å²) in [6.07, 6.45) is -6.48. The minimum Gasteiger partial charge on any atom is -0.215 e. The molecule has 66 valence electrons. The highest BCUT2D eigenvalue weighted by molar-refractivity contribution is 5.09. The van der Waals surface area contributed by atoms with Gasteiger partial charge >= 0.3 is 12.1 Å². The summed E-state index contributed by atoms with van der Waals surface area (Å²) in [5.41, 5.74) is -1.65. The number of halogens is 6. The summed E-state index contributed by atoms with van der Waals surface area (Å²) in [6, 6.07) is 0. The van der Waals surface area contributed by atoms with E-state index in [0.29, 0.717) is 6.92 Å². The van der Waals surface area contributed by atoms with E-state index in [0.717, 1.165) is 0 Å². The Morgan fingerprint density at radius 1 is 1.09 bits per heavy atom. The van der Waals surface area contributed by atoms with Gasteiger partial charge in [0, 0.05) is 5.57 Å². The Balaban J connectivity index is 4.74. The Morgan fingerprint density at radius 3 is 1.55 bits per heavy atom. The minimum atomic E-state index is -5.72. The third kappa shape index (κ3) is 1.87. The SMILES string of the molecule is CC(=CF)C(F)(F)C(F)(F)F. The zero-order valence-electron chi connectivity index (χ0n) is 5.35. The molecule has 0 unspecified atom stereocenters. The Morgan fingerprint density at radius 2 is 1.45 bits per heavy atom. The Bertz CT molecular complexity index is 164. The molecule has 0 amide bonds. The summed E-state index contributed by atoms with van der Waals surface area (Å²) in [5, 5.41) is 0. The van der Waals surface area contributed by atoms with Crippen molar-refractivity contribution in [3.8, 4) is 0 Å². The zero-order valence-corrected chi connectivity index (χ0v) is 5.35. The van der Waals surface area contributed by atoms with Gasteiger partial charge in [-0.1, -0.05) is 0 Å².